The van der Waals surface area contributed by atoms with Gasteiger partial charge >= 0.3 is 0 Å². The molecular formula is C15H13NO3. The summed E-state index contributed by atoms with van der Waals surface area (Å²) in [6.07, 6.45) is 6.05. The lowest BCUT2D eigenvalue weighted by atomic mass is 9.86. The monoisotopic (exact) mass is 255 g/mol. The molecule has 2 aliphatic rings. The molecule has 4 heteroatoms. The highest BCUT2D eigenvalue weighted by Crippen LogP contribution is 2.37. The summed E-state index contributed by atoms with van der Waals surface area (Å²) in [5.41, 5.74) is 0.950. The fourth-order valence-corrected chi connectivity index (χ4v) is 2.78. The summed E-state index contributed by atoms with van der Waals surface area (Å²) in [6.45, 7) is 0. The first-order valence-corrected chi connectivity index (χ1v) is 6.32. The fraction of sp³-hybridized carbons (Fsp3) is 0.267. The summed E-state index contributed by atoms with van der Waals surface area (Å²) < 4.78 is 0. The largest absolute Gasteiger partial charge is 0.298 e. The third-order valence-electron chi connectivity index (χ3n) is 3.73. The van der Waals surface area contributed by atoms with Gasteiger partial charge in [-0.05, 0) is 25.0 Å². The van der Waals surface area contributed by atoms with Gasteiger partial charge in [-0.2, -0.15) is 0 Å². The number of rotatable bonds is 2. The maximum Gasteiger partial charge on any atom is 0.241 e. The van der Waals surface area contributed by atoms with Crippen molar-refractivity contribution in [1.29, 1.82) is 0 Å². The van der Waals surface area contributed by atoms with Crippen molar-refractivity contribution in [2.75, 3.05) is 4.90 Å². The van der Waals surface area contributed by atoms with Gasteiger partial charge in [0.15, 0.2) is 0 Å². The Morgan fingerprint density at radius 2 is 2.05 bits per heavy atom. The van der Waals surface area contributed by atoms with Gasteiger partial charge in [0.25, 0.3) is 0 Å². The topological polar surface area (TPSA) is 54.5 Å². The number of imide groups is 1. The molecule has 3 rings (SSSR count). The normalized spacial score (nSPS) is 25.6. The quantitative estimate of drug-likeness (QED) is 0.461. The summed E-state index contributed by atoms with van der Waals surface area (Å²) in [6, 6.07) is 6.58. The first-order valence-electron chi connectivity index (χ1n) is 6.32. The maximum absolute atomic E-state index is 12.3. The summed E-state index contributed by atoms with van der Waals surface area (Å²) in [5, 5.41) is 0. The summed E-state index contributed by atoms with van der Waals surface area (Å²) in [4.78, 5) is 36.7. The van der Waals surface area contributed by atoms with E-state index in [1.54, 1.807) is 24.3 Å². The average molecular weight is 255 g/mol. The van der Waals surface area contributed by atoms with Crippen LogP contribution in [0, 0.1) is 11.8 Å². The van der Waals surface area contributed by atoms with E-state index in [0.717, 1.165) is 12.8 Å². The van der Waals surface area contributed by atoms with E-state index < -0.39 is 0 Å². The van der Waals surface area contributed by atoms with E-state index in [9.17, 15) is 14.4 Å². The Morgan fingerprint density at radius 3 is 2.79 bits per heavy atom. The van der Waals surface area contributed by atoms with E-state index in [-0.39, 0.29) is 23.7 Å². The molecule has 96 valence electrons. The van der Waals surface area contributed by atoms with Crippen LogP contribution in [-0.2, 0) is 9.59 Å². The molecule has 1 aromatic carbocycles. The highest BCUT2D eigenvalue weighted by molar-refractivity contribution is 6.22. The predicted octanol–water partition coefficient (Wildman–Crippen LogP) is 1.95. The number of allylic oxidation sites excluding steroid dienone is 1. The highest BCUT2D eigenvalue weighted by Gasteiger charge is 2.47. The first kappa shape index (κ1) is 11.8. The van der Waals surface area contributed by atoms with Crippen molar-refractivity contribution in [2.24, 2.45) is 11.8 Å². The second-order valence-corrected chi connectivity index (χ2v) is 4.86. The van der Waals surface area contributed by atoms with Crippen LogP contribution < -0.4 is 4.90 Å². The van der Waals surface area contributed by atoms with Crippen molar-refractivity contribution in [3.8, 4) is 0 Å². The number of anilines is 1. The van der Waals surface area contributed by atoms with Gasteiger partial charge in [0.1, 0.15) is 6.29 Å². The number of hydrogen-bond acceptors (Lipinski definition) is 3. The number of aldehydes is 1. The lowest BCUT2D eigenvalue weighted by Crippen LogP contribution is -2.30. The molecule has 1 aliphatic carbocycles. The lowest BCUT2D eigenvalue weighted by Gasteiger charge is -2.15. The molecule has 19 heavy (non-hydrogen) atoms. The second kappa shape index (κ2) is 4.46. The molecule has 1 aromatic rings. The van der Waals surface area contributed by atoms with Crippen LogP contribution in [0.2, 0.25) is 0 Å². The van der Waals surface area contributed by atoms with Crippen LogP contribution in [0.25, 0.3) is 0 Å². The molecule has 1 fully saturated rings. The fourth-order valence-electron chi connectivity index (χ4n) is 2.78. The minimum atomic E-state index is -0.332. The number of hydrogen-bond donors (Lipinski definition) is 0. The van der Waals surface area contributed by atoms with Crippen LogP contribution in [0.5, 0.6) is 0 Å². The molecule has 0 saturated carbocycles. The van der Waals surface area contributed by atoms with Crippen molar-refractivity contribution in [1.82, 2.24) is 0 Å². The van der Waals surface area contributed by atoms with Crippen molar-refractivity contribution in [3.63, 3.8) is 0 Å². The van der Waals surface area contributed by atoms with Gasteiger partial charge in [0.05, 0.1) is 17.5 Å². The zero-order valence-electron chi connectivity index (χ0n) is 10.3. The third-order valence-corrected chi connectivity index (χ3v) is 3.73. The van der Waals surface area contributed by atoms with E-state index in [4.69, 9.17) is 0 Å². The maximum atomic E-state index is 12.3. The molecule has 0 N–H and O–H groups in total. The SMILES string of the molecule is O=Cc1cccc(N2C(=O)C3C=CCCC3C2=O)c1. The lowest BCUT2D eigenvalue weighted by molar-refractivity contribution is -0.122. The Bertz CT molecular complexity index is 591. The van der Waals surface area contributed by atoms with Crippen molar-refractivity contribution < 1.29 is 14.4 Å². The van der Waals surface area contributed by atoms with Crippen LogP contribution >= 0.6 is 0 Å². The van der Waals surface area contributed by atoms with E-state index >= 15 is 0 Å². The zero-order valence-corrected chi connectivity index (χ0v) is 10.3. The van der Waals surface area contributed by atoms with Crippen molar-refractivity contribution in [3.05, 3.63) is 42.0 Å². The van der Waals surface area contributed by atoms with E-state index in [0.29, 0.717) is 17.5 Å². The number of amides is 2. The number of fused-ring (bicyclic) bond motifs is 1. The molecule has 2 unspecified atom stereocenters. The highest BCUT2D eigenvalue weighted by atomic mass is 16.2. The van der Waals surface area contributed by atoms with Gasteiger partial charge in [-0.25, -0.2) is 4.90 Å². The number of carbonyl (C=O) groups is 3. The van der Waals surface area contributed by atoms with Crippen LogP contribution in [0.1, 0.15) is 23.2 Å². The molecule has 0 bridgehead atoms. The van der Waals surface area contributed by atoms with E-state index in [2.05, 4.69) is 0 Å². The van der Waals surface area contributed by atoms with Gasteiger partial charge in [-0.1, -0.05) is 24.3 Å². The molecule has 1 saturated heterocycles. The standard InChI is InChI=1S/C15H13NO3/c17-9-10-4-3-5-11(8-10)16-14(18)12-6-1-2-7-13(12)15(16)19/h1,3-6,8-9,12-13H,2,7H2. The first-order chi connectivity index (χ1) is 9.22. The summed E-state index contributed by atoms with van der Waals surface area (Å²) in [7, 11) is 0. The number of carbonyl (C=O) groups excluding carboxylic acids is 3. The molecule has 4 nitrogen and oxygen atoms in total. The third kappa shape index (κ3) is 1.80. The van der Waals surface area contributed by atoms with Crippen LogP contribution in [0.15, 0.2) is 36.4 Å². The number of nitrogens with zero attached hydrogens (tertiary/aromatic N) is 1. The summed E-state index contributed by atoms with van der Waals surface area (Å²) >= 11 is 0. The molecule has 0 aromatic heterocycles. The molecule has 1 aliphatic heterocycles. The van der Waals surface area contributed by atoms with Gasteiger partial charge < -0.3 is 0 Å². The van der Waals surface area contributed by atoms with Crippen LogP contribution in [0.3, 0.4) is 0 Å². The zero-order chi connectivity index (χ0) is 13.4. The molecule has 2 atom stereocenters. The Balaban J connectivity index is 2.01. The Hall–Kier alpha value is -2.23. The van der Waals surface area contributed by atoms with E-state index in [1.165, 1.54) is 4.90 Å². The molecule has 1 heterocycles. The Morgan fingerprint density at radius 1 is 1.21 bits per heavy atom. The van der Waals surface area contributed by atoms with Gasteiger partial charge in [-0.15, -0.1) is 0 Å². The van der Waals surface area contributed by atoms with Crippen LogP contribution in [-0.4, -0.2) is 18.1 Å². The van der Waals surface area contributed by atoms with Crippen molar-refractivity contribution in [2.45, 2.75) is 12.8 Å². The molecule has 0 spiro atoms. The Kier molecular flexibility index (Phi) is 2.78. The van der Waals surface area contributed by atoms with Gasteiger partial charge in [0.2, 0.25) is 11.8 Å². The number of benzene rings is 1. The van der Waals surface area contributed by atoms with Gasteiger partial charge in [0, 0.05) is 5.56 Å². The van der Waals surface area contributed by atoms with Crippen molar-refractivity contribution >= 4 is 23.8 Å². The second-order valence-electron chi connectivity index (χ2n) is 4.86. The Labute approximate surface area is 110 Å². The smallest absolute Gasteiger partial charge is 0.241 e. The van der Waals surface area contributed by atoms with Crippen LogP contribution in [0.4, 0.5) is 5.69 Å². The minimum absolute atomic E-state index is 0.151. The van der Waals surface area contributed by atoms with Gasteiger partial charge in [-0.3, -0.25) is 14.4 Å². The minimum Gasteiger partial charge on any atom is -0.298 e. The average Bonchev–Trinajstić information content (AvgIpc) is 2.72. The molecular weight excluding hydrogens is 242 g/mol. The molecule has 0 radical (unpaired) electrons. The molecule has 2 amide bonds. The van der Waals surface area contributed by atoms with E-state index in [1.807, 2.05) is 12.2 Å². The summed E-state index contributed by atoms with van der Waals surface area (Å²) in [5.74, 6) is -0.907. The predicted molar refractivity (Wildman–Crippen MR) is 69.7 cm³/mol.